The molecule has 3 unspecified atom stereocenters. The van der Waals surface area contributed by atoms with Gasteiger partial charge in [0.2, 0.25) is 5.91 Å². The molecule has 3 aliphatic rings. The lowest BCUT2D eigenvalue weighted by molar-refractivity contribution is -0.130. The first kappa shape index (κ1) is 15.2. The van der Waals surface area contributed by atoms with E-state index in [4.69, 9.17) is 0 Å². The van der Waals surface area contributed by atoms with Crippen LogP contribution in [-0.4, -0.2) is 40.8 Å². The molecule has 1 aliphatic carbocycles. The second-order valence-corrected chi connectivity index (χ2v) is 6.95. The van der Waals surface area contributed by atoms with Gasteiger partial charge in [0.05, 0.1) is 10.6 Å². The summed E-state index contributed by atoms with van der Waals surface area (Å²) < 4.78 is 0. The predicted octanol–water partition coefficient (Wildman–Crippen LogP) is 2.02. The summed E-state index contributed by atoms with van der Waals surface area (Å²) in [6, 6.07) is 0. The quantitative estimate of drug-likeness (QED) is 0.789. The maximum Gasteiger partial charge on any atom is 0.237 e. The average Bonchev–Trinajstić information content (AvgIpc) is 2.87. The van der Waals surface area contributed by atoms with Crippen molar-refractivity contribution in [1.82, 2.24) is 10.2 Å². The molecule has 2 heterocycles. The van der Waals surface area contributed by atoms with E-state index >= 15 is 0 Å². The van der Waals surface area contributed by atoms with Crippen LogP contribution < -0.4 is 5.32 Å². The minimum atomic E-state index is -0.233. The Kier molecular flexibility index (Phi) is 4.83. The Morgan fingerprint density at radius 3 is 2.95 bits per heavy atom. The average molecular weight is 316 g/mol. The highest BCUT2D eigenvalue weighted by Gasteiger charge is 2.42. The van der Waals surface area contributed by atoms with Crippen LogP contribution in [0.25, 0.3) is 0 Å². The van der Waals surface area contributed by atoms with Gasteiger partial charge in [0.1, 0.15) is 6.29 Å². The van der Waals surface area contributed by atoms with Gasteiger partial charge in [-0.3, -0.25) is 4.79 Å². The molecule has 5 heteroatoms. The van der Waals surface area contributed by atoms with E-state index in [1.165, 1.54) is 0 Å². The fourth-order valence-electron chi connectivity index (χ4n) is 2.98. The summed E-state index contributed by atoms with van der Waals surface area (Å²) in [5.74, 6) is 0.404. The molecule has 1 N–H and O–H groups in total. The molecule has 0 aromatic heterocycles. The fourth-order valence-corrected chi connectivity index (χ4v) is 4.48. The summed E-state index contributed by atoms with van der Waals surface area (Å²) in [7, 11) is 0. The number of nitrogens with one attached hydrogen (secondary N) is 1. The van der Waals surface area contributed by atoms with E-state index in [-0.39, 0.29) is 16.5 Å². The number of aldehydes is 1. The third-order valence-electron chi connectivity index (χ3n) is 4.07. The molecule has 4 nitrogen and oxygen atoms in total. The third kappa shape index (κ3) is 3.19. The van der Waals surface area contributed by atoms with Gasteiger partial charge in [-0.25, -0.2) is 0 Å². The van der Waals surface area contributed by atoms with Crippen LogP contribution >= 0.6 is 11.8 Å². The number of amides is 1. The van der Waals surface area contributed by atoms with Gasteiger partial charge < -0.3 is 15.0 Å². The molecule has 1 amide bonds. The van der Waals surface area contributed by atoms with E-state index < -0.39 is 0 Å². The lowest BCUT2D eigenvalue weighted by atomic mass is 9.99. The zero-order chi connectivity index (χ0) is 15.4. The van der Waals surface area contributed by atoms with Gasteiger partial charge in [-0.2, -0.15) is 0 Å². The SMILES string of the molecule is O=CCC1SC(C2C=CC=CC2)N(CC2=CNCC=C2)C1=O. The Labute approximate surface area is 135 Å². The number of nitrogens with zero attached hydrogens (tertiary/aromatic N) is 1. The highest BCUT2D eigenvalue weighted by Crippen LogP contribution is 2.40. The molecule has 0 aromatic carbocycles. The van der Waals surface area contributed by atoms with Gasteiger partial charge in [-0.1, -0.05) is 36.5 Å². The van der Waals surface area contributed by atoms with Crippen LogP contribution in [0.15, 0.2) is 48.2 Å². The van der Waals surface area contributed by atoms with Crippen molar-refractivity contribution in [2.24, 2.45) is 5.92 Å². The third-order valence-corrected chi connectivity index (χ3v) is 5.67. The Balaban J connectivity index is 1.78. The van der Waals surface area contributed by atoms with Crippen LogP contribution in [0, 0.1) is 5.92 Å². The molecule has 0 spiro atoms. The second-order valence-electron chi connectivity index (χ2n) is 5.63. The van der Waals surface area contributed by atoms with Gasteiger partial charge >= 0.3 is 0 Å². The predicted molar refractivity (Wildman–Crippen MR) is 89.2 cm³/mol. The number of rotatable bonds is 5. The first-order valence-electron chi connectivity index (χ1n) is 7.61. The van der Waals surface area contributed by atoms with Crippen molar-refractivity contribution in [1.29, 1.82) is 0 Å². The molecule has 116 valence electrons. The number of allylic oxidation sites excluding steroid dienone is 3. The lowest BCUT2D eigenvalue weighted by Crippen LogP contribution is -2.39. The van der Waals surface area contributed by atoms with Crippen molar-refractivity contribution in [3.63, 3.8) is 0 Å². The normalized spacial score (nSPS) is 30.4. The summed E-state index contributed by atoms with van der Waals surface area (Å²) in [5, 5.41) is 3.05. The molecular weight excluding hydrogens is 296 g/mol. The Morgan fingerprint density at radius 2 is 2.27 bits per heavy atom. The van der Waals surface area contributed by atoms with Crippen molar-refractivity contribution < 1.29 is 9.59 Å². The Hall–Kier alpha value is -1.75. The van der Waals surface area contributed by atoms with E-state index in [1.807, 2.05) is 23.3 Å². The first-order valence-corrected chi connectivity index (χ1v) is 8.56. The van der Waals surface area contributed by atoms with Crippen molar-refractivity contribution in [3.8, 4) is 0 Å². The Bertz CT molecular complexity index is 565. The molecule has 1 saturated heterocycles. The van der Waals surface area contributed by atoms with E-state index in [1.54, 1.807) is 11.8 Å². The smallest absolute Gasteiger partial charge is 0.237 e. The van der Waals surface area contributed by atoms with Crippen LogP contribution in [0.2, 0.25) is 0 Å². The minimum Gasteiger partial charge on any atom is -0.387 e. The number of hydrogen-bond acceptors (Lipinski definition) is 4. The number of carbonyl (C=O) groups excluding carboxylic acids is 2. The first-order chi connectivity index (χ1) is 10.8. The number of thioether (sulfide) groups is 1. The summed E-state index contributed by atoms with van der Waals surface area (Å²) >= 11 is 1.63. The van der Waals surface area contributed by atoms with E-state index in [2.05, 4.69) is 29.6 Å². The molecule has 2 aliphatic heterocycles. The maximum absolute atomic E-state index is 12.7. The van der Waals surface area contributed by atoms with Gasteiger partial charge in [-0.05, 0) is 12.0 Å². The molecule has 1 fully saturated rings. The van der Waals surface area contributed by atoms with Gasteiger partial charge in [0, 0.05) is 31.6 Å². The highest BCUT2D eigenvalue weighted by molar-refractivity contribution is 8.01. The number of carbonyl (C=O) groups is 2. The molecule has 22 heavy (non-hydrogen) atoms. The zero-order valence-corrected chi connectivity index (χ0v) is 13.2. The van der Waals surface area contributed by atoms with Crippen LogP contribution in [0.5, 0.6) is 0 Å². The van der Waals surface area contributed by atoms with Gasteiger partial charge in [0.15, 0.2) is 0 Å². The van der Waals surface area contributed by atoms with Crippen molar-refractivity contribution >= 4 is 24.0 Å². The molecule has 0 saturated carbocycles. The van der Waals surface area contributed by atoms with Gasteiger partial charge in [0.25, 0.3) is 0 Å². The second kappa shape index (κ2) is 7.01. The largest absolute Gasteiger partial charge is 0.387 e. The maximum atomic E-state index is 12.7. The monoisotopic (exact) mass is 316 g/mol. The summed E-state index contributed by atoms with van der Waals surface area (Å²) in [6.07, 6.45) is 16.6. The Morgan fingerprint density at radius 1 is 1.36 bits per heavy atom. The molecule has 0 aromatic rings. The van der Waals surface area contributed by atoms with Crippen LogP contribution in [0.4, 0.5) is 0 Å². The summed E-state index contributed by atoms with van der Waals surface area (Å²) in [4.78, 5) is 25.4. The summed E-state index contributed by atoms with van der Waals surface area (Å²) in [5.41, 5.74) is 1.10. The van der Waals surface area contributed by atoms with E-state index in [9.17, 15) is 9.59 Å². The molecular formula is C17H20N2O2S. The molecule has 0 bridgehead atoms. The molecule has 3 rings (SSSR count). The summed E-state index contributed by atoms with van der Waals surface area (Å²) in [6.45, 7) is 1.43. The van der Waals surface area contributed by atoms with Crippen molar-refractivity contribution in [2.45, 2.75) is 23.5 Å². The lowest BCUT2D eigenvalue weighted by Gasteiger charge is -2.30. The van der Waals surface area contributed by atoms with Gasteiger partial charge in [-0.15, -0.1) is 11.8 Å². The minimum absolute atomic E-state index is 0.0879. The zero-order valence-electron chi connectivity index (χ0n) is 12.4. The van der Waals surface area contributed by atoms with Crippen LogP contribution in [0.3, 0.4) is 0 Å². The van der Waals surface area contributed by atoms with Crippen LogP contribution in [0.1, 0.15) is 12.8 Å². The number of dihydropyridines is 1. The topological polar surface area (TPSA) is 49.4 Å². The molecule has 0 radical (unpaired) electrons. The number of hydrogen-bond donors (Lipinski definition) is 1. The standard InChI is InChI=1S/C17H20N2O2S/c20-10-8-15-16(21)19(12-13-5-4-9-18-11-13)17(22-15)14-6-2-1-3-7-14/h1-6,10-11,14-15,17-18H,7-9,12H2. The van der Waals surface area contributed by atoms with Crippen LogP contribution in [-0.2, 0) is 9.59 Å². The fraction of sp³-hybridized carbons (Fsp3) is 0.412. The van der Waals surface area contributed by atoms with Crippen molar-refractivity contribution in [3.05, 3.63) is 48.2 Å². The van der Waals surface area contributed by atoms with E-state index in [0.717, 1.165) is 24.8 Å². The van der Waals surface area contributed by atoms with Crippen molar-refractivity contribution in [2.75, 3.05) is 13.1 Å². The molecule has 3 atom stereocenters. The highest BCUT2D eigenvalue weighted by atomic mass is 32.2. The van der Waals surface area contributed by atoms with E-state index in [0.29, 0.717) is 18.9 Å².